The van der Waals surface area contributed by atoms with Crippen molar-refractivity contribution in [1.82, 2.24) is 25.2 Å². The van der Waals surface area contributed by atoms with Gasteiger partial charge in [0.25, 0.3) is 0 Å². The predicted octanol–water partition coefficient (Wildman–Crippen LogP) is 0.649. The minimum atomic E-state index is -0.0338. The Balaban J connectivity index is 1.92. The second kappa shape index (κ2) is 4.84. The van der Waals surface area contributed by atoms with E-state index in [-0.39, 0.29) is 5.84 Å². The first kappa shape index (κ1) is 11.9. The van der Waals surface area contributed by atoms with Crippen molar-refractivity contribution in [2.45, 2.75) is 28.9 Å². The van der Waals surface area contributed by atoms with E-state index in [4.69, 9.17) is 10.9 Å². The van der Waals surface area contributed by atoms with Crippen molar-refractivity contribution < 1.29 is 5.21 Å². The number of hydrogen-bond acceptors (Lipinski definition) is 7. The molecule has 0 saturated heterocycles. The van der Waals surface area contributed by atoms with Crippen LogP contribution in [0.1, 0.15) is 24.6 Å². The van der Waals surface area contributed by atoms with E-state index in [0.717, 1.165) is 17.7 Å². The van der Waals surface area contributed by atoms with Crippen LogP contribution in [0.3, 0.4) is 0 Å². The molecule has 1 fully saturated rings. The first-order valence-electron chi connectivity index (χ1n) is 5.68. The van der Waals surface area contributed by atoms with Crippen LogP contribution in [0.25, 0.3) is 0 Å². The lowest BCUT2D eigenvalue weighted by Gasteiger charge is -2.06. The minimum Gasteiger partial charge on any atom is -0.409 e. The van der Waals surface area contributed by atoms with E-state index in [1.807, 2.05) is 6.07 Å². The van der Waals surface area contributed by atoms with Crippen molar-refractivity contribution in [2.75, 3.05) is 0 Å². The number of rotatable bonds is 4. The lowest BCUT2D eigenvalue weighted by atomic mass is 10.3. The maximum atomic E-state index is 8.76. The van der Waals surface area contributed by atoms with Gasteiger partial charge >= 0.3 is 0 Å². The quantitative estimate of drug-likeness (QED) is 0.365. The number of hydrogen-bond donors (Lipinski definition) is 2. The molecule has 0 amide bonds. The van der Waals surface area contributed by atoms with Crippen LogP contribution < -0.4 is 5.73 Å². The first-order valence-corrected chi connectivity index (χ1v) is 6.50. The molecule has 0 spiro atoms. The third kappa shape index (κ3) is 2.36. The van der Waals surface area contributed by atoms with E-state index in [9.17, 15) is 0 Å². The van der Waals surface area contributed by atoms with Crippen LogP contribution in [0, 0.1) is 0 Å². The molecule has 2 aromatic rings. The molecule has 0 unspecified atom stereocenters. The number of tetrazole rings is 1. The zero-order chi connectivity index (χ0) is 13.2. The Morgan fingerprint density at radius 2 is 2.37 bits per heavy atom. The first-order chi connectivity index (χ1) is 9.29. The van der Waals surface area contributed by atoms with Gasteiger partial charge in [-0.25, -0.2) is 4.68 Å². The fourth-order valence-corrected chi connectivity index (χ4v) is 2.57. The topological polar surface area (TPSA) is 115 Å². The zero-order valence-electron chi connectivity index (χ0n) is 9.84. The molecule has 3 N–H and O–H groups in total. The lowest BCUT2D eigenvalue weighted by molar-refractivity contribution is 0.318. The molecule has 0 bridgehead atoms. The third-order valence-electron chi connectivity index (χ3n) is 2.68. The van der Waals surface area contributed by atoms with Crippen molar-refractivity contribution in [3.63, 3.8) is 0 Å². The molecule has 0 atom stereocenters. The van der Waals surface area contributed by atoms with Gasteiger partial charge in [0.15, 0.2) is 5.84 Å². The SMILES string of the molecule is N/C(=N/O)c1ncccc1Sc1nnnn1C1CC1. The smallest absolute Gasteiger partial charge is 0.214 e. The van der Waals surface area contributed by atoms with Gasteiger partial charge in [-0.3, -0.25) is 4.98 Å². The summed E-state index contributed by atoms with van der Waals surface area (Å²) in [5, 5.41) is 24.1. The number of oxime groups is 1. The number of nitrogens with zero attached hydrogens (tertiary/aromatic N) is 6. The largest absolute Gasteiger partial charge is 0.409 e. The van der Waals surface area contributed by atoms with Gasteiger partial charge in [0, 0.05) is 11.1 Å². The highest BCUT2D eigenvalue weighted by molar-refractivity contribution is 7.99. The minimum absolute atomic E-state index is 0.0338. The van der Waals surface area contributed by atoms with E-state index >= 15 is 0 Å². The summed E-state index contributed by atoms with van der Waals surface area (Å²) in [7, 11) is 0. The number of nitrogens with two attached hydrogens (primary N) is 1. The second-order valence-corrected chi connectivity index (χ2v) is 5.08. The average Bonchev–Trinajstić information content (AvgIpc) is 3.19. The summed E-state index contributed by atoms with van der Waals surface area (Å²) in [6.07, 6.45) is 3.78. The van der Waals surface area contributed by atoms with Crippen LogP contribution in [0.15, 0.2) is 33.5 Å². The van der Waals surface area contributed by atoms with Gasteiger partial charge in [0.1, 0.15) is 5.69 Å². The Morgan fingerprint density at radius 1 is 1.53 bits per heavy atom. The van der Waals surface area contributed by atoms with Crippen LogP contribution in [0.2, 0.25) is 0 Å². The van der Waals surface area contributed by atoms with E-state index < -0.39 is 0 Å². The summed E-state index contributed by atoms with van der Waals surface area (Å²) >= 11 is 1.35. The van der Waals surface area contributed by atoms with Crippen molar-refractivity contribution in [3.05, 3.63) is 24.0 Å². The van der Waals surface area contributed by atoms with E-state index in [2.05, 4.69) is 25.7 Å². The summed E-state index contributed by atoms with van der Waals surface area (Å²) in [6.45, 7) is 0. The molecule has 0 aromatic carbocycles. The summed E-state index contributed by atoms with van der Waals surface area (Å²) in [5.41, 5.74) is 6.02. The summed E-state index contributed by atoms with van der Waals surface area (Å²) < 4.78 is 1.80. The van der Waals surface area contributed by atoms with Crippen molar-refractivity contribution >= 4 is 17.6 Å². The number of aromatic nitrogens is 5. The van der Waals surface area contributed by atoms with Gasteiger partial charge in [-0.15, -0.1) is 5.10 Å². The van der Waals surface area contributed by atoms with Crippen molar-refractivity contribution in [3.8, 4) is 0 Å². The highest BCUT2D eigenvalue weighted by Gasteiger charge is 2.28. The van der Waals surface area contributed by atoms with E-state index in [0.29, 0.717) is 16.9 Å². The van der Waals surface area contributed by atoms with Gasteiger partial charge in [0.2, 0.25) is 5.16 Å². The lowest BCUT2D eigenvalue weighted by Crippen LogP contribution is -2.16. The molecule has 98 valence electrons. The van der Waals surface area contributed by atoms with Crippen LogP contribution in [0.4, 0.5) is 0 Å². The molecule has 1 aliphatic rings. The Kier molecular flexibility index (Phi) is 3.03. The molecule has 0 radical (unpaired) electrons. The van der Waals surface area contributed by atoms with Gasteiger partial charge < -0.3 is 10.9 Å². The number of amidine groups is 1. The maximum Gasteiger partial charge on any atom is 0.214 e. The molecule has 1 saturated carbocycles. The monoisotopic (exact) mass is 277 g/mol. The molecule has 1 aliphatic carbocycles. The maximum absolute atomic E-state index is 8.76. The molecular formula is C10H11N7OS. The highest BCUT2D eigenvalue weighted by atomic mass is 32.2. The van der Waals surface area contributed by atoms with Gasteiger partial charge in [-0.2, -0.15) is 0 Å². The van der Waals surface area contributed by atoms with Crippen molar-refractivity contribution in [1.29, 1.82) is 0 Å². The van der Waals surface area contributed by atoms with Crippen LogP contribution in [0.5, 0.6) is 0 Å². The fraction of sp³-hybridized carbons (Fsp3) is 0.300. The molecule has 19 heavy (non-hydrogen) atoms. The molecule has 8 nitrogen and oxygen atoms in total. The Hall–Kier alpha value is -2.16. The van der Waals surface area contributed by atoms with Gasteiger partial charge in [0.05, 0.1) is 6.04 Å². The van der Waals surface area contributed by atoms with E-state index in [1.165, 1.54) is 11.8 Å². The molecule has 3 rings (SSSR count). The zero-order valence-corrected chi connectivity index (χ0v) is 10.7. The number of pyridine rings is 1. The normalized spacial score (nSPS) is 15.7. The molecular weight excluding hydrogens is 266 g/mol. The summed E-state index contributed by atoms with van der Waals surface area (Å²) in [6, 6.07) is 4.00. The van der Waals surface area contributed by atoms with E-state index in [1.54, 1.807) is 16.9 Å². The predicted molar refractivity (Wildman–Crippen MR) is 67.0 cm³/mol. The average molecular weight is 277 g/mol. The Labute approximate surface area is 112 Å². The van der Waals surface area contributed by atoms with Gasteiger partial charge in [-0.1, -0.05) is 5.16 Å². The van der Waals surface area contributed by atoms with Crippen LogP contribution in [-0.4, -0.2) is 36.2 Å². The van der Waals surface area contributed by atoms with Crippen molar-refractivity contribution in [2.24, 2.45) is 10.9 Å². The Morgan fingerprint density at radius 3 is 3.11 bits per heavy atom. The van der Waals surface area contributed by atoms with Crippen LogP contribution in [-0.2, 0) is 0 Å². The molecule has 9 heteroatoms. The standard InChI is InChI=1S/C10H11N7OS/c11-9(14-18)8-7(2-1-5-12-8)19-10-13-15-16-17(10)6-3-4-6/h1-2,5-6,18H,3-4H2,(H2,11,14). The molecule has 2 heterocycles. The summed E-state index contributed by atoms with van der Waals surface area (Å²) in [5.74, 6) is -0.0338. The third-order valence-corrected chi connectivity index (χ3v) is 3.68. The Bertz CT molecular complexity index is 622. The molecule has 2 aromatic heterocycles. The fourth-order valence-electron chi connectivity index (χ4n) is 1.61. The second-order valence-electron chi connectivity index (χ2n) is 4.07. The van der Waals surface area contributed by atoms with Crippen LogP contribution >= 0.6 is 11.8 Å². The summed E-state index contributed by atoms with van der Waals surface area (Å²) in [4.78, 5) is 4.85. The molecule has 0 aliphatic heterocycles. The van der Waals surface area contributed by atoms with Gasteiger partial charge in [-0.05, 0) is 47.2 Å². The highest BCUT2D eigenvalue weighted by Crippen LogP contribution is 2.38.